The lowest BCUT2D eigenvalue weighted by Crippen LogP contribution is -2.47. The Morgan fingerprint density at radius 1 is 1.15 bits per heavy atom. The second-order valence-electron chi connectivity index (χ2n) is 4.66. The molecule has 0 saturated heterocycles. The molecular formula is C11H23NO. The zero-order valence-corrected chi connectivity index (χ0v) is 9.09. The maximum Gasteiger partial charge on any atom is 0.0693 e. The molecule has 0 aromatic heterocycles. The highest BCUT2D eigenvalue weighted by atomic mass is 16.3. The van der Waals surface area contributed by atoms with Crippen molar-refractivity contribution in [2.24, 2.45) is 5.92 Å². The van der Waals surface area contributed by atoms with Crippen LogP contribution < -0.4 is 5.32 Å². The smallest absolute Gasteiger partial charge is 0.0693 e. The summed E-state index contributed by atoms with van der Waals surface area (Å²) in [6.45, 7) is 6.63. The average Bonchev–Trinajstić information content (AvgIpc) is 2.08. The van der Waals surface area contributed by atoms with Crippen LogP contribution in [-0.2, 0) is 0 Å². The molecule has 0 bridgehead atoms. The van der Waals surface area contributed by atoms with Crippen LogP contribution in [0.3, 0.4) is 0 Å². The highest BCUT2D eigenvalue weighted by Gasteiger charge is 2.24. The number of aliphatic hydroxyl groups excluding tert-OH is 1. The molecule has 0 heterocycles. The molecule has 1 aliphatic carbocycles. The third-order valence-corrected chi connectivity index (χ3v) is 3.21. The molecule has 0 spiro atoms. The van der Waals surface area contributed by atoms with Gasteiger partial charge in [0.15, 0.2) is 0 Å². The lowest BCUT2D eigenvalue weighted by Gasteiger charge is -2.32. The van der Waals surface area contributed by atoms with E-state index in [-0.39, 0.29) is 6.10 Å². The number of nitrogens with one attached hydrogen (secondary N) is 1. The Labute approximate surface area is 81.7 Å². The summed E-state index contributed by atoms with van der Waals surface area (Å²) < 4.78 is 0. The monoisotopic (exact) mass is 185 g/mol. The van der Waals surface area contributed by atoms with Crippen LogP contribution in [0.1, 0.15) is 46.5 Å². The van der Waals surface area contributed by atoms with Gasteiger partial charge in [0.2, 0.25) is 0 Å². The summed E-state index contributed by atoms with van der Waals surface area (Å²) in [5.74, 6) is 0.647. The third-order valence-electron chi connectivity index (χ3n) is 3.21. The van der Waals surface area contributed by atoms with E-state index in [1.54, 1.807) is 0 Å². The largest absolute Gasteiger partial charge is 0.392 e. The summed E-state index contributed by atoms with van der Waals surface area (Å²) in [4.78, 5) is 0. The second kappa shape index (κ2) is 4.97. The fraction of sp³-hybridized carbons (Fsp3) is 1.00. The predicted molar refractivity (Wildman–Crippen MR) is 55.7 cm³/mol. The number of rotatable bonds is 3. The third kappa shape index (κ3) is 3.28. The van der Waals surface area contributed by atoms with Crippen LogP contribution >= 0.6 is 0 Å². The van der Waals surface area contributed by atoms with Gasteiger partial charge in [-0.25, -0.2) is 0 Å². The van der Waals surface area contributed by atoms with Crippen molar-refractivity contribution < 1.29 is 5.11 Å². The van der Waals surface area contributed by atoms with E-state index in [0.29, 0.717) is 18.0 Å². The fourth-order valence-corrected chi connectivity index (χ4v) is 1.84. The first-order chi connectivity index (χ1) is 6.11. The van der Waals surface area contributed by atoms with Crippen LogP contribution in [-0.4, -0.2) is 23.3 Å². The molecule has 1 aliphatic rings. The van der Waals surface area contributed by atoms with Crippen LogP contribution in [0.4, 0.5) is 0 Å². The molecule has 0 radical (unpaired) electrons. The molecule has 1 fully saturated rings. The van der Waals surface area contributed by atoms with E-state index in [0.717, 1.165) is 12.8 Å². The molecule has 0 aliphatic heterocycles. The molecule has 2 N–H and O–H groups in total. The lowest BCUT2D eigenvalue weighted by atomic mass is 9.91. The number of aliphatic hydroxyl groups is 1. The van der Waals surface area contributed by atoms with Gasteiger partial charge in [-0.3, -0.25) is 0 Å². The van der Waals surface area contributed by atoms with Gasteiger partial charge < -0.3 is 10.4 Å². The van der Waals surface area contributed by atoms with Crippen molar-refractivity contribution in [2.75, 3.05) is 0 Å². The molecule has 1 saturated carbocycles. The van der Waals surface area contributed by atoms with Gasteiger partial charge in [0.1, 0.15) is 0 Å². The molecule has 0 aromatic rings. The molecule has 2 heteroatoms. The van der Waals surface area contributed by atoms with Gasteiger partial charge in [-0.05, 0) is 25.7 Å². The standard InChI is InChI=1S/C11H23NO/c1-8(2)9(3)12-10-6-4-5-7-11(10)13/h8-13H,4-7H2,1-3H3/t9-,10+,11+/m0/s1. The quantitative estimate of drug-likeness (QED) is 0.704. The Bertz CT molecular complexity index is 147. The van der Waals surface area contributed by atoms with E-state index < -0.39 is 0 Å². The number of hydrogen-bond donors (Lipinski definition) is 2. The van der Waals surface area contributed by atoms with Crippen LogP contribution in [0.15, 0.2) is 0 Å². The van der Waals surface area contributed by atoms with Crippen molar-refractivity contribution >= 4 is 0 Å². The summed E-state index contributed by atoms with van der Waals surface area (Å²) >= 11 is 0. The van der Waals surface area contributed by atoms with Crippen molar-refractivity contribution in [3.8, 4) is 0 Å². The van der Waals surface area contributed by atoms with Gasteiger partial charge in [-0.1, -0.05) is 26.7 Å². The molecule has 0 unspecified atom stereocenters. The predicted octanol–water partition coefficient (Wildman–Crippen LogP) is 1.92. The van der Waals surface area contributed by atoms with Gasteiger partial charge >= 0.3 is 0 Å². The van der Waals surface area contributed by atoms with E-state index in [1.807, 2.05) is 0 Å². The molecular weight excluding hydrogens is 162 g/mol. The van der Waals surface area contributed by atoms with Crippen molar-refractivity contribution in [1.82, 2.24) is 5.32 Å². The van der Waals surface area contributed by atoms with Crippen molar-refractivity contribution in [3.63, 3.8) is 0 Å². The van der Waals surface area contributed by atoms with Gasteiger partial charge in [0.05, 0.1) is 6.10 Å². The zero-order chi connectivity index (χ0) is 9.84. The molecule has 13 heavy (non-hydrogen) atoms. The Morgan fingerprint density at radius 2 is 1.77 bits per heavy atom. The van der Waals surface area contributed by atoms with Crippen molar-refractivity contribution in [3.05, 3.63) is 0 Å². The first-order valence-electron chi connectivity index (χ1n) is 5.55. The zero-order valence-electron chi connectivity index (χ0n) is 9.09. The number of hydrogen-bond acceptors (Lipinski definition) is 2. The summed E-state index contributed by atoms with van der Waals surface area (Å²) in [7, 11) is 0. The van der Waals surface area contributed by atoms with E-state index in [2.05, 4.69) is 26.1 Å². The lowest BCUT2D eigenvalue weighted by molar-refractivity contribution is 0.0826. The molecule has 3 atom stereocenters. The van der Waals surface area contributed by atoms with Crippen LogP contribution in [0.25, 0.3) is 0 Å². The fourth-order valence-electron chi connectivity index (χ4n) is 1.84. The maximum atomic E-state index is 9.74. The van der Waals surface area contributed by atoms with Crippen molar-refractivity contribution in [1.29, 1.82) is 0 Å². The first kappa shape index (κ1) is 11.0. The Morgan fingerprint density at radius 3 is 2.31 bits per heavy atom. The summed E-state index contributed by atoms with van der Waals surface area (Å²) in [6.07, 6.45) is 4.45. The average molecular weight is 185 g/mol. The minimum Gasteiger partial charge on any atom is -0.392 e. The van der Waals surface area contributed by atoms with Crippen LogP contribution in [0.5, 0.6) is 0 Å². The van der Waals surface area contributed by atoms with Gasteiger partial charge in [-0.15, -0.1) is 0 Å². The Kier molecular flexibility index (Phi) is 4.20. The summed E-state index contributed by atoms with van der Waals surface area (Å²) in [5, 5.41) is 13.3. The Balaban J connectivity index is 2.33. The van der Waals surface area contributed by atoms with Crippen LogP contribution in [0.2, 0.25) is 0 Å². The van der Waals surface area contributed by atoms with Gasteiger partial charge in [0.25, 0.3) is 0 Å². The summed E-state index contributed by atoms with van der Waals surface area (Å²) in [5.41, 5.74) is 0. The van der Waals surface area contributed by atoms with Gasteiger partial charge in [0, 0.05) is 12.1 Å². The highest BCUT2D eigenvalue weighted by molar-refractivity contribution is 4.83. The first-order valence-corrected chi connectivity index (χ1v) is 5.55. The van der Waals surface area contributed by atoms with E-state index in [1.165, 1.54) is 12.8 Å². The van der Waals surface area contributed by atoms with Crippen molar-refractivity contribution in [2.45, 2.75) is 64.6 Å². The second-order valence-corrected chi connectivity index (χ2v) is 4.66. The minimum atomic E-state index is -0.116. The highest BCUT2D eigenvalue weighted by Crippen LogP contribution is 2.19. The molecule has 1 rings (SSSR count). The molecule has 2 nitrogen and oxygen atoms in total. The normalized spacial score (nSPS) is 32.1. The maximum absolute atomic E-state index is 9.74. The minimum absolute atomic E-state index is 0.116. The van der Waals surface area contributed by atoms with E-state index in [4.69, 9.17) is 0 Å². The topological polar surface area (TPSA) is 32.3 Å². The summed E-state index contributed by atoms with van der Waals surface area (Å²) in [6, 6.07) is 0.851. The molecule has 0 amide bonds. The molecule has 78 valence electrons. The Hall–Kier alpha value is -0.0800. The van der Waals surface area contributed by atoms with E-state index >= 15 is 0 Å². The van der Waals surface area contributed by atoms with E-state index in [9.17, 15) is 5.11 Å². The SMILES string of the molecule is CC(C)[C@H](C)N[C@@H]1CCCC[C@H]1O. The van der Waals surface area contributed by atoms with Gasteiger partial charge in [-0.2, -0.15) is 0 Å². The molecule has 0 aromatic carbocycles. The van der Waals surface area contributed by atoms with Crippen LogP contribution in [0, 0.1) is 5.92 Å².